The molecular weight excluding hydrogens is 328 g/mol. The van der Waals surface area contributed by atoms with Crippen LogP contribution in [-0.4, -0.2) is 5.33 Å². The highest BCUT2D eigenvalue weighted by molar-refractivity contribution is 9.10. The third kappa shape index (κ3) is 5.01. The number of hydrogen-bond acceptors (Lipinski definition) is 0. The molecule has 2 heteroatoms. The molecule has 1 aromatic carbocycles. The second kappa shape index (κ2) is 8.30. The zero-order valence-electron chi connectivity index (χ0n) is 9.89. The van der Waals surface area contributed by atoms with E-state index >= 15 is 0 Å². The maximum Gasteiger partial charge on any atom is 0.0207 e. The van der Waals surface area contributed by atoms with Gasteiger partial charge in [-0.3, -0.25) is 0 Å². The van der Waals surface area contributed by atoms with E-state index < -0.39 is 0 Å². The predicted molar refractivity (Wildman–Crippen MR) is 79.3 cm³/mol. The van der Waals surface area contributed by atoms with Crippen molar-refractivity contribution < 1.29 is 0 Å². The molecule has 0 saturated heterocycles. The quantitative estimate of drug-likeness (QED) is 0.446. The first-order valence-electron chi connectivity index (χ1n) is 6.07. The fraction of sp³-hybridized carbons (Fsp3) is 0.571. The molecule has 0 nitrogen and oxygen atoms in total. The summed E-state index contributed by atoms with van der Waals surface area (Å²) in [6.07, 6.45) is 6.54. The number of unbranched alkanes of at least 4 members (excludes halogenated alkanes) is 2. The van der Waals surface area contributed by atoms with Gasteiger partial charge in [0, 0.05) is 9.80 Å². The summed E-state index contributed by atoms with van der Waals surface area (Å²) in [5.41, 5.74) is 1.43. The van der Waals surface area contributed by atoms with Crippen LogP contribution in [0.15, 0.2) is 28.7 Å². The molecule has 90 valence electrons. The molecule has 0 spiro atoms. The van der Waals surface area contributed by atoms with Crippen molar-refractivity contribution in [2.75, 3.05) is 5.33 Å². The summed E-state index contributed by atoms with van der Waals surface area (Å²) in [6.45, 7) is 2.26. The molecule has 0 aromatic heterocycles. The van der Waals surface area contributed by atoms with Gasteiger partial charge in [-0.2, -0.15) is 0 Å². The number of benzene rings is 1. The summed E-state index contributed by atoms with van der Waals surface area (Å²) in [7, 11) is 0. The van der Waals surface area contributed by atoms with Crippen molar-refractivity contribution in [3.63, 3.8) is 0 Å². The minimum Gasteiger partial charge on any atom is -0.0925 e. The molecule has 0 aliphatic carbocycles. The van der Waals surface area contributed by atoms with Crippen LogP contribution in [0.3, 0.4) is 0 Å². The number of halogens is 2. The van der Waals surface area contributed by atoms with Crippen molar-refractivity contribution in [1.29, 1.82) is 0 Å². The molecule has 0 aliphatic rings. The topological polar surface area (TPSA) is 0 Å². The average molecular weight is 348 g/mol. The van der Waals surface area contributed by atoms with Crippen LogP contribution >= 0.6 is 31.9 Å². The van der Waals surface area contributed by atoms with Gasteiger partial charge in [0.1, 0.15) is 0 Å². The van der Waals surface area contributed by atoms with Crippen LogP contribution in [-0.2, 0) is 6.42 Å². The highest BCUT2D eigenvalue weighted by atomic mass is 79.9. The first-order valence-corrected chi connectivity index (χ1v) is 7.98. The van der Waals surface area contributed by atoms with Crippen LogP contribution in [0.5, 0.6) is 0 Å². The van der Waals surface area contributed by atoms with Gasteiger partial charge in [0.2, 0.25) is 0 Å². The van der Waals surface area contributed by atoms with Crippen molar-refractivity contribution in [3.05, 3.63) is 34.3 Å². The summed E-state index contributed by atoms with van der Waals surface area (Å²) >= 11 is 7.26. The standard InChI is InChI=1S/C14H20Br2/c1-2-3-4-7-12(11-15)10-13-8-5-6-9-14(13)16/h5-6,8-9,12H,2-4,7,10-11H2,1H3. The normalized spacial score (nSPS) is 12.7. The Morgan fingerprint density at radius 1 is 1.19 bits per heavy atom. The monoisotopic (exact) mass is 346 g/mol. The van der Waals surface area contributed by atoms with Gasteiger partial charge in [0.25, 0.3) is 0 Å². The van der Waals surface area contributed by atoms with Crippen molar-refractivity contribution in [2.24, 2.45) is 5.92 Å². The molecule has 1 unspecified atom stereocenters. The molecule has 0 N–H and O–H groups in total. The molecule has 16 heavy (non-hydrogen) atoms. The molecule has 0 aliphatic heterocycles. The van der Waals surface area contributed by atoms with Gasteiger partial charge in [-0.1, -0.05) is 76.2 Å². The molecule has 0 amide bonds. The lowest BCUT2D eigenvalue weighted by Gasteiger charge is -2.14. The summed E-state index contributed by atoms with van der Waals surface area (Å²) in [5, 5.41) is 1.11. The second-order valence-corrected chi connectivity index (χ2v) is 5.81. The third-order valence-corrected chi connectivity index (χ3v) is 4.59. The largest absolute Gasteiger partial charge is 0.0925 e. The lowest BCUT2D eigenvalue weighted by molar-refractivity contribution is 0.502. The van der Waals surface area contributed by atoms with Crippen molar-refractivity contribution >= 4 is 31.9 Å². The highest BCUT2D eigenvalue weighted by Gasteiger charge is 2.09. The fourth-order valence-corrected chi connectivity index (χ4v) is 2.89. The van der Waals surface area contributed by atoms with E-state index in [1.807, 2.05) is 0 Å². The number of rotatable bonds is 7. The van der Waals surface area contributed by atoms with E-state index in [1.54, 1.807) is 0 Å². The van der Waals surface area contributed by atoms with E-state index in [0.717, 1.165) is 11.2 Å². The molecule has 1 aromatic rings. The molecule has 1 atom stereocenters. The van der Waals surface area contributed by atoms with Crippen LogP contribution in [0.25, 0.3) is 0 Å². The Labute approximate surface area is 116 Å². The second-order valence-electron chi connectivity index (χ2n) is 4.31. The van der Waals surface area contributed by atoms with Gasteiger partial charge < -0.3 is 0 Å². The van der Waals surface area contributed by atoms with Gasteiger partial charge >= 0.3 is 0 Å². The minimum atomic E-state index is 0.769. The van der Waals surface area contributed by atoms with Crippen LogP contribution in [0, 0.1) is 5.92 Å². The molecule has 0 radical (unpaired) electrons. The molecular formula is C14H20Br2. The minimum absolute atomic E-state index is 0.769. The van der Waals surface area contributed by atoms with Crippen molar-refractivity contribution in [3.8, 4) is 0 Å². The Morgan fingerprint density at radius 3 is 2.56 bits per heavy atom. The Balaban J connectivity index is 2.46. The van der Waals surface area contributed by atoms with Gasteiger partial charge in [-0.15, -0.1) is 0 Å². The number of alkyl halides is 1. The van der Waals surface area contributed by atoms with E-state index in [1.165, 1.54) is 42.1 Å². The summed E-state index contributed by atoms with van der Waals surface area (Å²) in [6, 6.07) is 8.55. The Hall–Kier alpha value is 0.180. The maximum absolute atomic E-state index is 3.63. The smallest absolute Gasteiger partial charge is 0.0207 e. The van der Waals surface area contributed by atoms with Crippen molar-refractivity contribution in [1.82, 2.24) is 0 Å². The SMILES string of the molecule is CCCCCC(CBr)Cc1ccccc1Br. The van der Waals surface area contributed by atoms with E-state index in [2.05, 4.69) is 63.0 Å². The van der Waals surface area contributed by atoms with Crippen LogP contribution in [0.1, 0.15) is 38.2 Å². The molecule has 1 rings (SSSR count). The van der Waals surface area contributed by atoms with Crippen LogP contribution in [0.2, 0.25) is 0 Å². The maximum atomic E-state index is 3.63. The van der Waals surface area contributed by atoms with E-state index in [-0.39, 0.29) is 0 Å². The van der Waals surface area contributed by atoms with Gasteiger partial charge in [0.05, 0.1) is 0 Å². The molecule has 0 heterocycles. The lowest BCUT2D eigenvalue weighted by Crippen LogP contribution is -2.06. The fourth-order valence-electron chi connectivity index (χ4n) is 1.89. The first-order chi connectivity index (χ1) is 7.77. The predicted octanol–water partition coefficient (Wildman–Crippen LogP) is 5.58. The van der Waals surface area contributed by atoms with Gasteiger partial charge in [0.15, 0.2) is 0 Å². The lowest BCUT2D eigenvalue weighted by atomic mass is 9.95. The average Bonchev–Trinajstić information content (AvgIpc) is 2.30. The summed E-state index contributed by atoms with van der Waals surface area (Å²) in [5.74, 6) is 0.769. The Bertz CT molecular complexity index is 297. The van der Waals surface area contributed by atoms with Gasteiger partial charge in [-0.05, 0) is 30.4 Å². The molecule has 0 fully saturated rings. The molecule has 0 bridgehead atoms. The van der Waals surface area contributed by atoms with Crippen molar-refractivity contribution in [2.45, 2.75) is 39.0 Å². The number of hydrogen-bond donors (Lipinski definition) is 0. The Kier molecular flexibility index (Phi) is 7.39. The van der Waals surface area contributed by atoms with E-state index in [9.17, 15) is 0 Å². The van der Waals surface area contributed by atoms with Gasteiger partial charge in [-0.25, -0.2) is 0 Å². The molecule has 0 saturated carbocycles. The Morgan fingerprint density at radius 2 is 1.94 bits per heavy atom. The van der Waals surface area contributed by atoms with Crippen LogP contribution < -0.4 is 0 Å². The zero-order chi connectivity index (χ0) is 11.8. The van der Waals surface area contributed by atoms with Crippen LogP contribution in [0.4, 0.5) is 0 Å². The van der Waals surface area contributed by atoms with E-state index in [0.29, 0.717) is 0 Å². The summed E-state index contributed by atoms with van der Waals surface area (Å²) < 4.78 is 1.25. The zero-order valence-corrected chi connectivity index (χ0v) is 13.1. The summed E-state index contributed by atoms with van der Waals surface area (Å²) in [4.78, 5) is 0. The first kappa shape index (κ1) is 14.2. The third-order valence-electron chi connectivity index (χ3n) is 2.90. The van der Waals surface area contributed by atoms with E-state index in [4.69, 9.17) is 0 Å². The highest BCUT2D eigenvalue weighted by Crippen LogP contribution is 2.23.